The van der Waals surface area contributed by atoms with E-state index in [-0.39, 0.29) is 11.8 Å². The molecule has 7 heteroatoms. The molecule has 0 spiro atoms. The van der Waals surface area contributed by atoms with Gasteiger partial charge in [-0.2, -0.15) is 0 Å². The highest BCUT2D eigenvalue weighted by Crippen LogP contribution is 2.26. The molecule has 0 fully saturated rings. The average Bonchev–Trinajstić information content (AvgIpc) is 3.29. The van der Waals surface area contributed by atoms with Crippen molar-refractivity contribution in [2.24, 2.45) is 0 Å². The molecule has 0 aliphatic heterocycles. The highest BCUT2D eigenvalue weighted by Gasteiger charge is 2.12. The lowest BCUT2D eigenvalue weighted by Gasteiger charge is -2.13. The second-order valence-corrected chi connectivity index (χ2v) is 8.29. The van der Waals surface area contributed by atoms with Crippen LogP contribution in [0.2, 0.25) is 5.15 Å². The number of benzene rings is 1. The zero-order chi connectivity index (χ0) is 20.9. The Morgan fingerprint density at radius 1 is 1.10 bits per heavy atom. The van der Waals surface area contributed by atoms with Crippen LogP contribution in [0.5, 0.6) is 0 Å². The fraction of sp³-hybridized carbons (Fsp3) is 0.130. The van der Waals surface area contributed by atoms with Crippen molar-refractivity contribution in [3.8, 4) is 10.4 Å². The number of anilines is 1. The van der Waals surface area contributed by atoms with Gasteiger partial charge in [-0.3, -0.25) is 14.8 Å². The Morgan fingerprint density at radius 3 is 2.77 bits per heavy atom. The highest BCUT2D eigenvalue weighted by atomic mass is 35.5. The first-order chi connectivity index (χ1) is 14.6. The van der Waals surface area contributed by atoms with Crippen molar-refractivity contribution in [2.45, 2.75) is 19.3 Å². The Balaban J connectivity index is 1.48. The molecule has 1 amide bonds. The van der Waals surface area contributed by atoms with E-state index in [4.69, 9.17) is 11.6 Å². The molecule has 4 rings (SSSR count). The number of halogens is 1. The fourth-order valence-electron chi connectivity index (χ4n) is 3.18. The molecule has 1 N–H and O–H groups in total. The number of nitrogens with zero attached hydrogens (tertiary/aromatic N) is 3. The summed E-state index contributed by atoms with van der Waals surface area (Å²) in [6, 6.07) is 13.7. The summed E-state index contributed by atoms with van der Waals surface area (Å²) in [5, 5.41) is 5.37. The SMILES string of the molecule is C[C@H](Cc1cncc(Cl)n1)c1cccc(NC(=O)c2cncc(-c3cccs3)c2)c1. The first-order valence-corrected chi connectivity index (χ1v) is 10.7. The van der Waals surface area contributed by atoms with Crippen LogP contribution >= 0.6 is 22.9 Å². The molecule has 3 heterocycles. The van der Waals surface area contributed by atoms with Gasteiger partial charge in [-0.25, -0.2) is 4.98 Å². The summed E-state index contributed by atoms with van der Waals surface area (Å²) in [4.78, 5) is 26.5. The minimum atomic E-state index is -0.189. The number of carbonyl (C=O) groups excluding carboxylic acids is 1. The Kier molecular flexibility index (Phi) is 6.16. The Bertz CT molecular complexity index is 1160. The number of carbonyl (C=O) groups is 1. The molecule has 0 aliphatic carbocycles. The predicted octanol–water partition coefficient (Wildman–Crippen LogP) is 5.85. The molecule has 5 nitrogen and oxygen atoms in total. The van der Waals surface area contributed by atoms with Gasteiger partial charge >= 0.3 is 0 Å². The normalized spacial score (nSPS) is 11.8. The maximum absolute atomic E-state index is 12.8. The Morgan fingerprint density at radius 2 is 1.97 bits per heavy atom. The molecule has 1 aromatic carbocycles. The van der Waals surface area contributed by atoms with E-state index in [1.165, 1.54) is 6.20 Å². The first-order valence-electron chi connectivity index (χ1n) is 9.45. The number of nitrogens with one attached hydrogen (secondary N) is 1. The number of thiophene rings is 1. The van der Waals surface area contributed by atoms with E-state index in [9.17, 15) is 4.79 Å². The van der Waals surface area contributed by atoms with Crippen LogP contribution in [-0.2, 0) is 6.42 Å². The molecule has 0 bridgehead atoms. The standard InChI is InChI=1S/C23H19ClN4OS/c1-15(8-20-13-26-14-22(24)27-20)16-4-2-5-19(10-16)28-23(29)18-9-17(11-25-12-18)21-6-3-7-30-21/h2-7,9-15H,8H2,1H3,(H,28,29)/t15-/m1/s1. The third kappa shape index (κ3) is 4.90. The summed E-state index contributed by atoms with van der Waals surface area (Å²) >= 11 is 7.55. The van der Waals surface area contributed by atoms with Crippen molar-refractivity contribution in [1.29, 1.82) is 0 Å². The lowest BCUT2D eigenvalue weighted by Crippen LogP contribution is -2.12. The van der Waals surface area contributed by atoms with Gasteiger partial charge in [0.2, 0.25) is 0 Å². The third-order valence-corrected chi connectivity index (χ3v) is 5.79. The third-order valence-electron chi connectivity index (χ3n) is 4.69. The van der Waals surface area contributed by atoms with Crippen molar-refractivity contribution < 1.29 is 4.79 Å². The molecule has 0 radical (unpaired) electrons. The van der Waals surface area contributed by atoms with E-state index in [0.29, 0.717) is 17.1 Å². The number of pyridine rings is 1. The van der Waals surface area contributed by atoms with Crippen molar-refractivity contribution in [2.75, 3.05) is 5.32 Å². The van der Waals surface area contributed by atoms with E-state index >= 15 is 0 Å². The summed E-state index contributed by atoms with van der Waals surface area (Å²) in [6.07, 6.45) is 7.30. The van der Waals surface area contributed by atoms with Crippen molar-refractivity contribution in [3.63, 3.8) is 0 Å². The van der Waals surface area contributed by atoms with Gasteiger partial charge in [-0.1, -0.05) is 36.7 Å². The monoisotopic (exact) mass is 434 g/mol. The minimum absolute atomic E-state index is 0.189. The summed E-state index contributed by atoms with van der Waals surface area (Å²) in [5.41, 5.74) is 4.13. The number of hydrogen-bond acceptors (Lipinski definition) is 5. The van der Waals surface area contributed by atoms with Gasteiger partial charge in [-0.05, 0) is 47.5 Å². The van der Waals surface area contributed by atoms with Crippen LogP contribution in [0.1, 0.15) is 34.5 Å². The highest BCUT2D eigenvalue weighted by molar-refractivity contribution is 7.13. The maximum Gasteiger partial charge on any atom is 0.257 e. The second-order valence-electron chi connectivity index (χ2n) is 6.96. The summed E-state index contributed by atoms with van der Waals surface area (Å²) in [6.45, 7) is 2.11. The zero-order valence-electron chi connectivity index (χ0n) is 16.2. The van der Waals surface area contributed by atoms with Crippen LogP contribution in [0.15, 0.2) is 72.6 Å². The maximum atomic E-state index is 12.8. The number of rotatable bonds is 6. The lowest BCUT2D eigenvalue weighted by atomic mass is 9.96. The molecule has 3 aromatic heterocycles. The summed E-state index contributed by atoms with van der Waals surface area (Å²) < 4.78 is 0. The molecule has 0 unspecified atom stereocenters. The van der Waals surface area contributed by atoms with Gasteiger partial charge < -0.3 is 5.32 Å². The van der Waals surface area contributed by atoms with E-state index in [1.54, 1.807) is 29.9 Å². The van der Waals surface area contributed by atoms with E-state index < -0.39 is 0 Å². The number of amides is 1. The molecule has 4 aromatic rings. The largest absolute Gasteiger partial charge is 0.322 e. The lowest BCUT2D eigenvalue weighted by molar-refractivity contribution is 0.102. The van der Waals surface area contributed by atoms with Gasteiger partial charge in [0, 0.05) is 34.7 Å². The van der Waals surface area contributed by atoms with Crippen LogP contribution < -0.4 is 5.32 Å². The van der Waals surface area contributed by atoms with Crippen LogP contribution in [0, 0.1) is 0 Å². The van der Waals surface area contributed by atoms with Gasteiger partial charge in [0.1, 0.15) is 5.15 Å². The molecule has 0 aliphatic rings. The van der Waals surface area contributed by atoms with E-state index in [0.717, 1.165) is 27.4 Å². The summed E-state index contributed by atoms with van der Waals surface area (Å²) in [5.74, 6) is 0.00450. The molecule has 0 saturated heterocycles. The molecule has 150 valence electrons. The van der Waals surface area contributed by atoms with Crippen molar-refractivity contribution >= 4 is 34.5 Å². The van der Waals surface area contributed by atoms with E-state index in [2.05, 4.69) is 27.2 Å². The zero-order valence-corrected chi connectivity index (χ0v) is 17.8. The predicted molar refractivity (Wildman–Crippen MR) is 121 cm³/mol. The molecular weight excluding hydrogens is 416 g/mol. The van der Waals surface area contributed by atoms with Gasteiger partial charge in [0.05, 0.1) is 17.5 Å². The Hall–Kier alpha value is -3.09. The minimum Gasteiger partial charge on any atom is -0.322 e. The second kappa shape index (κ2) is 9.15. The van der Waals surface area contributed by atoms with Crippen LogP contribution in [0.4, 0.5) is 5.69 Å². The fourth-order valence-corrected chi connectivity index (χ4v) is 4.05. The van der Waals surface area contributed by atoms with Crippen molar-refractivity contribution in [3.05, 3.63) is 94.6 Å². The van der Waals surface area contributed by atoms with Crippen LogP contribution in [0.25, 0.3) is 10.4 Å². The average molecular weight is 435 g/mol. The van der Waals surface area contributed by atoms with Crippen LogP contribution in [0.3, 0.4) is 0 Å². The van der Waals surface area contributed by atoms with Gasteiger partial charge in [-0.15, -0.1) is 11.3 Å². The van der Waals surface area contributed by atoms with Gasteiger partial charge in [0.15, 0.2) is 0 Å². The molecule has 30 heavy (non-hydrogen) atoms. The number of hydrogen-bond donors (Lipinski definition) is 1. The molecule has 0 saturated carbocycles. The number of aromatic nitrogens is 3. The van der Waals surface area contributed by atoms with Crippen molar-refractivity contribution in [1.82, 2.24) is 15.0 Å². The van der Waals surface area contributed by atoms with Gasteiger partial charge in [0.25, 0.3) is 5.91 Å². The van der Waals surface area contributed by atoms with E-state index in [1.807, 2.05) is 47.8 Å². The topological polar surface area (TPSA) is 67.8 Å². The molecule has 1 atom stereocenters. The van der Waals surface area contributed by atoms with Crippen LogP contribution in [-0.4, -0.2) is 20.9 Å². The summed E-state index contributed by atoms with van der Waals surface area (Å²) in [7, 11) is 0. The molecular formula is C23H19ClN4OS. The Labute approximate surface area is 183 Å². The smallest absolute Gasteiger partial charge is 0.257 e. The quantitative estimate of drug-likeness (QED) is 0.413. The first kappa shape index (κ1) is 20.2.